The van der Waals surface area contributed by atoms with Gasteiger partial charge in [-0.15, -0.1) is 0 Å². The maximum absolute atomic E-state index is 11.6. The number of hydrogen-bond acceptors (Lipinski definition) is 3. The van der Waals surface area contributed by atoms with Crippen molar-refractivity contribution in [3.05, 3.63) is 0 Å². The van der Waals surface area contributed by atoms with Crippen molar-refractivity contribution >= 4 is 5.91 Å². The van der Waals surface area contributed by atoms with E-state index in [1.807, 2.05) is 0 Å². The van der Waals surface area contributed by atoms with Crippen molar-refractivity contribution in [2.45, 2.75) is 57.9 Å². The van der Waals surface area contributed by atoms with Crippen LogP contribution in [0.1, 0.15) is 51.9 Å². The molecule has 0 fully saturated rings. The van der Waals surface area contributed by atoms with Crippen LogP contribution in [0.5, 0.6) is 0 Å². The summed E-state index contributed by atoms with van der Waals surface area (Å²) in [5.41, 5.74) is 5.48. The van der Waals surface area contributed by atoms with Gasteiger partial charge in [0.15, 0.2) is 0 Å². The van der Waals surface area contributed by atoms with Gasteiger partial charge in [0, 0.05) is 13.5 Å². The lowest BCUT2D eigenvalue weighted by Crippen LogP contribution is -2.39. The molecule has 0 aromatic heterocycles. The predicted octanol–water partition coefficient (Wildman–Crippen LogP) is 1.83. The zero-order valence-corrected chi connectivity index (χ0v) is 11.3. The third-order valence-electron chi connectivity index (χ3n) is 2.76. The van der Waals surface area contributed by atoms with Gasteiger partial charge in [-0.1, -0.05) is 32.6 Å². The van der Waals surface area contributed by atoms with E-state index in [1.165, 1.54) is 19.3 Å². The van der Waals surface area contributed by atoms with Gasteiger partial charge in [-0.2, -0.15) is 0 Å². The summed E-state index contributed by atoms with van der Waals surface area (Å²) in [5, 5.41) is 2.97. The predicted molar refractivity (Wildman–Crippen MR) is 70.9 cm³/mol. The summed E-state index contributed by atoms with van der Waals surface area (Å²) in [7, 11) is 1.64. The Labute approximate surface area is 105 Å². The van der Waals surface area contributed by atoms with Crippen LogP contribution in [0.25, 0.3) is 0 Å². The molecule has 0 aliphatic rings. The second-order valence-corrected chi connectivity index (χ2v) is 4.46. The van der Waals surface area contributed by atoms with Crippen molar-refractivity contribution in [1.82, 2.24) is 5.32 Å². The van der Waals surface area contributed by atoms with Crippen LogP contribution in [0.2, 0.25) is 0 Å². The van der Waals surface area contributed by atoms with Crippen LogP contribution in [-0.2, 0) is 9.53 Å². The van der Waals surface area contributed by atoms with Crippen molar-refractivity contribution in [2.24, 2.45) is 5.73 Å². The zero-order valence-electron chi connectivity index (χ0n) is 11.3. The standard InChI is InChI=1S/C13H28N2O2/c1-3-4-5-6-7-8-13(16)15-12(9-10-14)11-17-2/h12H,3-11,14H2,1-2H3,(H,15,16). The number of carbonyl (C=O) groups is 1. The Balaban J connectivity index is 3.59. The van der Waals surface area contributed by atoms with Crippen molar-refractivity contribution in [3.63, 3.8) is 0 Å². The van der Waals surface area contributed by atoms with Crippen molar-refractivity contribution in [3.8, 4) is 0 Å². The molecule has 0 saturated carbocycles. The number of nitrogens with two attached hydrogens (primary N) is 1. The number of methoxy groups -OCH3 is 1. The maximum atomic E-state index is 11.6. The van der Waals surface area contributed by atoms with Gasteiger partial charge in [0.05, 0.1) is 12.6 Å². The molecule has 0 aromatic carbocycles. The smallest absolute Gasteiger partial charge is 0.220 e. The lowest BCUT2D eigenvalue weighted by atomic mass is 10.1. The molecule has 102 valence electrons. The summed E-state index contributed by atoms with van der Waals surface area (Å²) in [5.74, 6) is 0.122. The summed E-state index contributed by atoms with van der Waals surface area (Å²) in [6.07, 6.45) is 7.25. The van der Waals surface area contributed by atoms with Gasteiger partial charge < -0.3 is 15.8 Å². The van der Waals surface area contributed by atoms with Gasteiger partial charge in [0.25, 0.3) is 0 Å². The molecule has 0 aromatic rings. The summed E-state index contributed by atoms with van der Waals surface area (Å²) in [6, 6.07) is 0.0631. The van der Waals surface area contributed by atoms with Gasteiger partial charge in [0.2, 0.25) is 5.91 Å². The molecule has 4 nitrogen and oxygen atoms in total. The van der Waals surface area contributed by atoms with Gasteiger partial charge in [-0.3, -0.25) is 4.79 Å². The Morgan fingerprint density at radius 2 is 2.00 bits per heavy atom. The Kier molecular flexibility index (Phi) is 11.4. The molecular weight excluding hydrogens is 216 g/mol. The number of carbonyl (C=O) groups excluding carboxylic acids is 1. The molecule has 0 saturated heterocycles. The molecule has 1 atom stereocenters. The SMILES string of the molecule is CCCCCCCC(=O)NC(CCN)COC. The molecule has 0 aliphatic heterocycles. The fraction of sp³-hybridized carbons (Fsp3) is 0.923. The summed E-state index contributed by atoms with van der Waals surface area (Å²) in [6.45, 7) is 3.30. The molecule has 0 aliphatic carbocycles. The fourth-order valence-electron chi connectivity index (χ4n) is 1.79. The minimum atomic E-state index is 0.0631. The number of nitrogens with one attached hydrogen (secondary N) is 1. The second-order valence-electron chi connectivity index (χ2n) is 4.46. The highest BCUT2D eigenvalue weighted by Gasteiger charge is 2.10. The Morgan fingerprint density at radius 1 is 1.29 bits per heavy atom. The third kappa shape index (κ3) is 10.3. The molecule has 0 spiro atoms. The lowest BCUT2D eigenvalue weighted by Gasteiger charge is -2.16. The van der Waals surface area contributed by atoms with Gasteiger partial charge in [0.1, 0.15) is 0 Å². The second kappa shape index (κ2) is 11.9. The van der Waals surface area contributed by atoms with Gasteiger partial charge >= 0.3 is 0 Å². The van der Waals surface area contributed by atoms with Crippen LogP contribution in [0.15, 0.2) is 0 Å². The number of rotatable bonds is 11. The monoisotopic (exact) mass is 244 g/mol. The molecule has 4 heteroatoms. The largest absolute Gasteiger partial charge is 0.383 e. The molecule has 0 radical (unpaired) electrons. The summed E-state index contributed by atoms with van der Waals surface area (Å²) >= 11 is 0. The average molecular weight is 244 g/mol. The van der Waals surface area contributed by atoms with E-state index in [4.69, 9.17) is 10.5 Å². The van der Waals surface area contributed by atoms with E-state index in [9.17, 15) is 4.79 Å². The molecule has 0 bridgehead atoms. The topological polar surface area (TPSA) is 64.4 Å². The average Bonchev–Trinajstić information content (AvgIpc) is 2.29. The first kappa shape index (κ1) is 16.4. The van der Waals surface area contributed by atoms with E-state index in [2.05, 4.69) is 12.2 Å². The number of amides is 1. The van der Waals surface area contributed by atoms with Crippen molar-refractivity contribution in [2.75, 3.05) is 20.3 Å². The van der Waals surface area contributed by atoms with Crippen LogP contribution < -0.4 is 11.1 Å². The van der Waals surface area contributed by atoms with E-state index in [-0.39, 0.29) is 11.9 Å². The van der Waals surface area contributed by atoms with Gasteiger partial charge in [-0.05, 0) is 19.4 Å². The zero-order chi connectivity index (χ0) is 12.9. The first-order valence-corrected chi connectivity index (χ1v) is 6.73. The van der Waals surface area contributed by atoms with Crippen LogP contribution in [0.4, 0.5) is 0 Å². The van der Waals surface area contributed by atoms with Crippen LogP contribution in [0, 0.1) is 0 Å². The van der Waals surface area contributed by atoms with Crippen LogP contribution in [-0.4, -0.2) is 32.2 Å². The minimum absolute atomic E-state index is 0.0631. The van der Waals surface area contributed by atoms with Gasteiger partial charge in [-0.25, -0.2) is 0 Å². The molecule has 0 heterocycles. The lowest BCUT2D eigenvalue weighted by molar-refractivity contribution is -0.122. The molecule has 1 amide bonds. The highest BCUT2D eigenvalue weighted by atomic mass is 16.5. The Morgan fingerprint density at radius 3 is 2.59 bits per heavy atom. The third-order valence-corrected chi connectivity index (χ3v) is 2.76. The van der Waals surface area contributed by atoms with E-state index < -0.39 is 0 Å². The van der Waals surface area contributed by atoms with Crippen molar-refractivity contribution in [1.29, 1.82) is 0 Å². The fourth-order valence-corrected chi connectivity index (χ4v) is 1.79. The van der Waals surface area contributed by atoms with Crippen molar-refractivity contribution < 1.29 is 9.53 Å². The first-order valence-electron chi connectivity index (χ1n) is 6.73. The number of ether oxygens (including phenoxy) is 1. The minimum Gasteiger partial charge on any atom is -0.383 e. The quantitative estimate of drug-likeness (QED) is 0.545. The molecule has 3 N–H and O–H groups in total. The molecule has 1 unspecified atom stereocenters. The normalized spacial score (nSPS) is 12.4. The Hall–Kier alpha value is -0.610. The molecule has 17 heavy (non-hydrogen) atoms. The highest BCUT2D eigenvalue weighted by molar-refractivity contribution is 5.76. The van der Waals surface area contributed by atoms with E-state index in [0.29, 0.717) is 19.6 Å². The Bertz CT molecular complexity index is 180. The van der Waals surface area contributed by atoms with Crippen LogP contribution >= 0.6 is 0 Å². The van der Waals surface area contributed by atoms with E-state index in [0.717, 1.165) is 19.3 Å². The maximum Gasteiger partial charge on any atom is 0.220 e. The number of hydrogen-bond donors (Lipinski definition) is 2. The van der Waals surface area contributed by atoms with E-state index >= 15 is 0 Å². The summed E-state index contributed by atoms with van der Waals surface area (Å²) in [4.78, 5) is 11.6. The highest BCUT2D eigenvalue weighted by Crippen LogP contribution is 2.05. The number of unbranched alkanes of at least 4 members (excludes halogenated alkanes) is 4. The first-order chi connectivity index (χ1) is 8.24. The summed E-state index contributed by atoms with van der Waals surface area (Å²) < 4.78 is 5.04. The van der Waals surface area contributed by atoms with E-state index in [1.54, 1.807) is 7.11 Å². The molecule has 0 rings (SSSR count). The van der Waals surface area contributed by atoms with Crippen LogP contribution in [0.3, 0.4) is 0 Å². The molecular formula is C13H28N2O2.